The van der Waals surface area contributed by atoms with Crippen molar-refractivity contribution in [2.75, 3.05) is 0 Å². The second-order valence-electron chi connectivity index (χ2n) is 3.70. The molecule has 0 amide bonds. The molecule has 0 unspecified atom stereocenters. The quantitative estimate of drug-likeness (QED) is 0.678. The average molecular weight is 183 g/mol. The van der Waals surface area contributed by atoms with Gasteiger partial charge in [0.2, 0.25) is 0 Å². The van der Waals surface area contributed by atoms with Crippen LogP contribution in [0.4, 0.5) is 0 Å². The van der Waals surface area contributed by atoms with Crippen LogP contribution >= 0.6 is 0 Å². The van der Waals surface area contributed by atoms with E-state index in [0.29, 0.717) is 5.56 Å². The highest BCUT2D eigenvalue weighted by Crippen LogP contribution is 2.28. The third-order valence-corrected chi connectivity index (χ3v) is 2.81. The normalized spacial score (nSPS) is 14.2. The fourth-order valence-electron chi connectivity index (χ4n) is 2.20. The van der Waals surface area contributed by atoms with E-state index in [1.807, 2.05) is 12.1 Å². The highest BCUT2D eigenvalue weighted by Gasteiger charge is 2.15. The largest absolute Gasteiger partial charge is 0.281 e. The van der Waals surface area contributed by atoms with E-state index in [-0.39, 0.29) is 0 Å². The monoisotopic (exact) mass is 183 g/mol. The molecular formula is C11H9N3. The molecule has 0 bridgehead atoms. The maximum absolute atomic E-state index is 8.85. The van der Waals surface area contributed by atoms with Crippen molar-refractivity contribution in [2.45, 2.75) is 19.3 Å². The molecule has 3 nitrogen and oxygen atoms in total. The van der Waals surface area contributed by atoms with Gasteiger partial charge in [0.15, 0.2) is 0 Å². The number of aromatic nitrogens is 2. The van der Waals surface area contributed by atoms with Crippen LogP contribution in [-0.2, 0) is 12.8 Å². The Morgan fingerprint density at radius 2 is 2.29 bits per heavy atom. The van der Waals surface area contributed by atoms with E-state index >= 15 is 0 Å². The van der Waals surface area contributed by atoms with E-state index in [1.165, 1.54) is 16.6 Å². The number of nitrogens with zero attached hydrogens (tertiary/aromatic N) is 2. The van der Waals surface area contributed by atoms with Gasteiger partial charge < -0.3 is 0 Å². The Bertz CT molecular complexity index is 545. The Kier molecular flexibility index (Phi) is 1.40. The molecule has 68 valence electrons. The lowest BCUT2D eigenvalue weighted by atomic mass is 9.93. The lowest BCUT2D eigenvalue weighted by Gasteiger charge is -2.10. The summed E-state index contributed by atoms with van der Waals surface area (Å²) in [6, 6.07) is 6.01. The molecule has 1 heterocycles. The predicted octanol–water partition coefficient (Wildman–Crippen LogP) is 1.92. The van der Waals surface area contributed by atoms with Gasteiger partial charge in [-0.05, 0) is 37.0 Å². The van der Waals surface area contributed by atoms with Crippen LogP contribution in [0, 0.1) is 11.3 Å². The standard InChI is InChI=1S/C11H9N3/c12-6-7-4-8-2-1-3-9-11(8)10(5-7)14-13-9/h4-5H,1-3H2,(H,13,14). The van der Waals surface area contributed by atoms with Crippen LogP contribution in [0.1, 0.15) is 23.2 Å². The summed E-state index contributed by atoms with van der Waals surface area (Å²) in [5, 5.41) is 17.4. The first-order chi connectivity index (χ1) is 6.88. The molecule has 0 radical (unpaired) electrons. The smallest absolute Gasteiger partial charge is 0.0992 e. The molecule has 0 saturated heterocycles. The number of nitrogens with one attached hydrogen (secondary N) is 1. The van der Waals surface area contributed by atoms with Gasteiger partial charge >= 0.3 is 0 Å². The second-order valence-corrected chi connectivity index (χ2v) is 3.70. The van der Waals surface area contributed by atoms with Crippen LogP contribution in [0.3, 0.4) is 0 Å². The maximum Gasteiger partial charge on any atom is 0.0992 e. The van der Waals surface area contributed by atoms with Crippen LogP contribution in [0.25, 0.3) is 10.9 Å². The number of H-pyrrole nitrogens is 1. The molecule has 0 atom stereocenters. The van der Waals surface area contributed by atoms with Crippen molar-refractivity contribution >= 4 is 10.9 Å². The van der Waals surface area contributed by atoms with Crippen molar-refractivity contribution in [2.24, 2.45) is 0 Å². The first-order valence-corrected chi connectivity index (χ1v) is 4.78. The van der Waals surface area contributed by atoms with E-state index in [4.69, 9.17) is 5.26 Å². The van der Waals surface area contributed by atoms with Crippen molar-refractivity contribution in [3.8, 4) is 6.07 Å². The molecule has 0 aliphatic heterocycles. The molecule has 0 spiro atoms. The summed E-state index contributed by atoms with van der Waals surface area (Å²) in [7, 11) is 0. The van der Waals surface area contributed by atoms with Gasteiger partial charge in [-0.2, -0.15) is 10.4 Å². The topological polar surface area (TPSA) is 52.5 Å². The summed E-state index contributed by atoms with van der Waals surface area (Å²) in [5.74, 6) is 0. The summed E-state index contributed by atoms with van der Waals surface area (Å²) < 4.78 is 0. The fraction of sp³-hybridized carbons (Fsp3) is 0.273. The fourth-order valence-corrected chi connectivity index (χ4v) is 2.20. The first-order valence-electron chi connectivity index (χ1n) is 4.78. The van der Waals surface area contributed by atoms with Crippen LogP contribution in [0.5, 0.6) is 0 Å². The van der Waals surface area contributed by atoms with E-state index in [2.05, 4.69) is 16.3 Å². The Morgan fingerprint density at radius 1 is 1.36 bits per heavy atom. The number of rotatable bonds is 0. The summed E-state index contributed by atoms with van der Waals surface area (Å²) in [4.78, 5) is 0. The summed E-state index contributed by atoms with van der Waals surface area (Å²) in [5.41, 5.74) is 4.15. The van der Waals surface area contributed by atoms with Crippen LogP contribution < -0.4 is 0 Å². The highest BCUT2D eigenvalue weighted by molar-refractivity contribution is 5.87. The average Bonchev–Trinajstić information content (AvgIpc) is 2.64. The lowest BCUT2D eigenvalue weighted by molar-refractivity contribution is 0.782. The first kappa shape index (κ1) is 7.57. The molecule has 1 aromatic heterocycles. The number of hydrogen-bond donors (Lipinski definition) is 1. The third kappa shape index (κ3) is 0.882. The predicted molar refractivity (Wildman–Crippen MR) is 52.8 cm³/mol. The minimum atomic E-state index is 0.715. The maximum atomic E-state index is 8.85. The molecule has 3 rings (SSSR count). The summed E-state index contributed by atoms with van der Waals surface area (Å²) >= 11 is 0. The molecular weight excluding hydrogens is 174 g/mol. The number of benzene rings is 1. The third-order valence-electron chi connectivity index (χ3n) is 2.81. The van der Waals surface area contributed by atoms with Gasteiger partial charge in [-0.1, -0.05) is 0 Å². The number of aryl methyl sites for hydroxylation is 2. The van der Waals surface area contributed by atoms with Crippen molar-refractivity contribution in [3.63, 3.8) is 0 Å². The molecule has 0 saturated carbocycles. The van der Waals surface area contributed by atoms with Crippen molar-refractivity contribution in [1.82, 2.24) is 10.2 Å². The van der Waals surface area contributed by atoms with Gasteiger partial charge in [0, 0.05) is 11.1 Å². The number of hydrogen-bond acceptors (Lipinski definition) is 2. The van der Waals surface area contributed by atoms with Gasteiger partial charge in [0.1, 0.15) is 0 Å². The van der Waals surface area contributed by atoms with Crippen LogP contribution in [0.2, 0.25) is 0 Å². The van der Waals surface area contributed by atoms with Gasteiger partial charge in [-0.15, -0.1) is 0 Å². The molecule has 14 heavy (non-hydrogen) atoms. The Labute approximate surface area is 81.4 Å². The molecule has 1 aliphatic rings. The van der Waals surface area contributed by atoms with E-state index in [0.717, 1.165) is 24.8 Å². The zero-order valence-corrected chi connectivity index (χ0v) is 7.67. The minimum Gasteiger partial charge on any atom is -0.281 e. The molecule has 0 fully saturated rings. The van der Waals surface area contributed by atoms with E-state index in [9.17, 15) is 0 Å². The molecule has 2 aromatic rings. The molecule has 3 heteroatoms. The zero-order chi connectivity index (χ0) is 9.54. The van der Waals surface area contributed by atoms with Gasteiger partial charge in [-0.3, -0.25) is 5.10 Å². The highest BCUT2D eigenvalue weighted by atomic mass is 15.1. The zero-order valence-electron chi connectivity index (χ0n) is 7.67. The van der Waals surface area contributed by atoms with Crippen molar-refractivity contribution in [1.29, 1.82) is 5.26 Å². The molecule has 1 aliphatic carbocycles. The summed E-state index contributed by atoms with van der Waals surface area (Å²) in [6.45, 7) is 0. The lowest BCUT2D eigenvalue weighted by Crippen LogP contribution is -1.99. The van der Waals surface area contributed by atoms with Gasteiger partial charge in [-0.25, -0.2) is 0 Å². The van der Waals surface area contributed by atoms with E-state index in [1.54, 1.807) is 0 Å². The van der Waals surface area contributed by atoms with E-state index < -0.39 is 0 Å². The SMILES string of the molecule is N#Cc1cc2c3c([nH]nc3c1)CCC2. The Hall–Kier alpha value is -1.82. The second kappa shape index (κ2) is 2.58. The van der Waals surface area contributed by atoms with Gasteiger partial charge in [0.05, 0.1) is 17.1 Å². The summed E-state index contributed by atoms with van der Waals surface area (Å²) in [6.07, 6.45) is 3.30. The van der Waals surface area contributed by atoms with Crippen molar-refractivity contribution < 1.29 is 0 Å². The Morgan fingerprint density at radius 3 is 3.14 bits per heavy atom. The minimum absolute atomic E-state index is 0.715. The molecule has 1 N–H and O–H groups in total. The van der Waals surface area contributed by atoms with Gasteiger partial charge in [0.25, 0.3) is 0 Å². The number of aromatic amines is 1. The van der Waals surface area contributed by atoms with Crippen molar-refractivity contribution in [3.05, 3.63) is 29.0 Å². The Balaban J connectivity index is 2.43. The number of nitriles is 1. The van der Waals surface area contributed by atoms with Crippen LogP contribution in [-0.4, -0.2) is 10.2 Å². The molecule has 1 aromatic carbocycles. The van der Waals surface area contributed by atoms with Crippen LogP contribution in [0.15, 0.2) is 12.1 Å².